The number of carbonyl (C=O) groups excluding carboxylic acids is 2. The van der Waals surface area contributed by atoms with Crippen molar-refractivity contribution in [2.75, 3.05) is 23.7 Å². The van der Waals surface area contributed by atoms with Gasteiger partial charge in [-0.25, -0.2) is 8.42 Å². The lowest BCUT2D eigenvalue weighted by molar-refractivity contribution is -0.139. The highest BCUT2D eigenvalue weighted by molar-refractivity contribution is 7.92. The van der Waals surface area contributed by atoms with E-state index in [0.29, 0.717) is 17.3 Å². The van der Waals surface area contributed by atoms with Crippen LogP contribution in [0.5, 0.6) is 0 Å². The van der Waals surface area contributed by atoms with Gasteiger partial charge < -0.3 is 10.2 Å². The fourth-order valence-electron chi connectivity index (χ4n) is 7.93. The van der Waals surface area contributed by atoms with Gasteiger partial charge >= 0.3 is 0 Å². The number of hydrogen-bond donors (Lipinski definition) is 1. The Morgan fingerprint density at radius 1 is 0.976 bits per heavy atom. The Hall–Kier alpha value is -2.58. The van der Waals surface area contributed by atoms with E-state index in [4.69, 9.17) is 11.6 Å². The standard InChI is InChI=1S/C33H44ClN3O4S/c1-22(2)19-35-32(39)23(3)36(20-24-6-5-7-29(34)15-24)31(38)21-37(42(4,40)41)30-10-8-28(9-11-30)33-16-25-12-26(17-33)14-27(13-25)18-33/h5-11,15,22-23,25-27H,12-14,16-21H2,1-4H3,(H,35,39)/t23-,25?,26?,27?,33?/m0/s1. The van der Waals surface area contributed by atoms with Gasteiger partial charge in [-0.05, 0) is 110 Å². The number of benzene rings is 2. The van der Waals surface area contributed by atoms with E-state index in [1.807, 2.05) is 32.0 Å². The summed E-state index contributed by atoms with van der Waals surface area (Å²) in [6, 6.07) is 14.2. The van der Waals surface area contributed by atoms with Crippen molar-refractivity contribution in [1.29, 1.82) is 0 Å². The monoisotopic (exact) mass is 613 g/mol. The van der Waals surface area contributed by atoms with Crippen LogP contribution >= 0.6 is 11.6 Å². The van der Waals surface area contributed by atoms with Crippen molar-refractivity contribution < 1.29 is 18.0 Å². The molecule has 4 bridgehead atoms. The number of rotatable bonds is 11. The lowest BCUT2D eigenvalue weighted by Crippen LogP contribution is -2.51. The summed E-state index contributed by atoms with van der Waals surface area (Å²) in [5.41, 5.74) is 2.71. The Kier molecular flexibility index (Phi) is 8.96. The van der Waals surface area contributed by atoms with Gasteiger partial charge in [-0.2, -0.15) is 0 Å². The quantitative estimate of drug-likeness (QED) is 0.349. The first-order chi connectivity index (χ1) is 19.8. The first-order valence-electron chi connectivity index (χ1n) is 15.2. The molecule has 1 atom stereocenters. The fraction of sp³-hybridized carbons (Fsp3) is 0.576. The van der Waals surface area contributed by atoms with E-state index in [1.54, 1.807) is 25.1 Å². The number of sulfonamides is 1. The molecule has 4 saturated carbocycles. The van der Waals surface area contributed by atoms with Crippen molar-refractivity contribution in [2.45, 2.75) is 77.3 Å². The fourth-order valence-corrected chi connectivity index (χ4v) is 8.99. The number of carbonyl (C=O) groups is 2. The van der Waals surface area contributed by atoms with Crippen LogP contribution in [0.4, 0.5) is 5.69 Å². The molecule has 7 nitrogen and oxygen atoms in total. The zero-order valence-electron chi connectivity index (χ0n) is 25.2. The maximum atomic E-state index is 13.9. The van der Waals surface area contributed by atoms with E-state index in [2.05, 4.69) is 17.4 Å². The van der Waals surface area contributed by atoms with Crippen LogP contribution in [-0.2, 0) is 31.6 Å². The topological polar surface area (TPSA) is 86.8 Å². The summed E-state index contributed by atoms with van der Waals surface area (Å²) in [5.74, 6) is 1.94. The molecule has 9 heteroatoms. The Balaban J connectivity index is 1.38. The van der Waals surface area contributed by atoms with E-state index in [-0.39, 0.29) is 23.8 Å². The molecule has 4 aliphatic carbocycles. The molecule has 0 aliphatic heterocycles. The zero-order valence-corrected chi connectivity index (χ0v) is 26.8. The van der Waals surface area contributed by atoms with Crippen molar-refractivity contribution >= 4 is 39.1 Å². The Labute approximate surface area is 256 Å². The van der Waals surface area contributed by atoms with E-state index < -0.39 is 28.5 Å². The number of amides is 2. The molecule has 0 unspecified atom stereocenters. The van der Waals surface area contributed by atoms with Gasteiger partial charge in [0.05, 0.1) is 11.9 Å². The highest BCUT2D eigenvalue weighted by Crippen LogP contribution is 2.60. The van der Waals surface area contributed by atoms with Crippen LogP contribution in [0.2, 0.25) is 5.02 Å². The normalized spacial score (nSPS) is 25.3. The second-order valence-electron chi connectivity index (χ2n) is 13.5. The van der Waals surface area contributed by atoms with Gasteiger partial charge in [0.15, 0.2) is 0 Å². The molecule has 42 heavy (non-hydrogen) atoms. The van der Waals surface area contributed by atoms with Gasteiger partial charge in [0.25, 0.3) is 0 Å². The molecular weight excluding hydrogens is 570 g/mol. The molecule has 6 rings (SSSR count). The van der Waals surface area contributed by atoms with Gasteiger partial charge in [0.2, 0.25) is 21.8 Å². The maximum absolute atomic E-state index is 13.9. The number of anilines is 1. The van der Waals surface area contributed by atoms with E-state index in [0.717, 1.165) is 33.9 Å². The minimum Gasteiger partial charge on any atom is -0.354 e. The van der Waals surface area contributed by atoms with Crippen molar-refractivity contribution in [3.05, 3.63) is 64.7 Å². The molecule has 0 spiro atoms. The lowest BCUT2D eigenvalue weighted by atomic mass is 9.48. The minimum absolute atomic E-state index is 0.123. The van der Waals surface area contributed by atoms with Crippen molar-refractivity contribution in [3.8, 4) is 0 Å². The molecule has 4 fully saturated rings. The van der Waals surface area contributed by atoms with Gasteiger partial charge in [-0.3, -0.25) is 13.9 Å². The van der Waals surface area contributed by atoms with Crippen LogP contribution < -0.4 is 9.62 Å². The first-order valence-corrected chi connectivity index (χ1v) is 17.5. The molecule has 2 aromatic rings. The predicted octanol–water partition coefficient (Wildman–Crippen LogP) is 5.76. The minimum atomic E-state index is -3.79. The SMILES string of the molecule is CC(C)CNC(=O)[C@H](C)N(Cc1cccc(Cl)c1)C(=O)CN(c1ccc(C23CC4CC(CC(C4)C2)C3)cc1)S(C)(=O)=O. The summed E-state index contributed by atoms with van der Waals surface area (Å²) < 4.78 is 27.2. The van der Waals surface area contributed by atoms with E-state index >= 15 is 0 Å². The summed E-state index contributed by atoms with van der Waals surface area (Å²) in [6.45, 7) is 5.86. The molecule has 0 radical (unpaired) electrons. The second-order valence-corrected chi connectivity index (χ2v) is 15.8. The largest absolute Gasteiger partial charge is 0.354 e. The lowest BCUT2D eigenvalue weighted by Gasteiger charge is -2.57. The van der Waals surface area contributed by atoms with Gasteiger partial charge in [0.1, 0.15) is 12.6 Å². The Bertz CT molecular complexity index is 1370. The van der Waals surface area contributed by atoms with Gasteiger partial charge in [-0.15, -0.1) is 0 Å². The van der Waals surface area contributed by atoms with Gasteiger partial charge in [-0.1, -0.05) is 49.7 Å². The maximum Gasteiger partial charge on any atom is 0.244 e. The molecule has 1 N–H and O–H groups in total. The van der Waals surface area contributed by atoms with Crippen LogP contribution in [0.1, 0.15) is 70.4 Å². The summed E-state index contributed by atoms with van der Waals surface area (Å²) in [5, 5.41) is 3.42. The van der Waals surface area contributed by atoms with Gasteiger partial charge in [0, 0.05) is 18.1 Å². The van der Waals surface area contributed by atoms with Crippen LogP contribution in [0.25, 0.3) is 0 Å². The van der Waals surface area contributed by atoms with Crippen LogP contribution in [0.15, 0.2) is 48.5 Å². The second kappa shape index (κ2) is 12.2. The molecule has 228 valence electrons. The van der Waals surface area contributed by atoms with E-state index in [1.165, 1.54) is 49.0 Å². The Morgan fingerprint density at radius 2 is 1.57 bits per heavy atom. The highest BCUT2D eigenvalue weighted by Gasteiger charge is 2.51. The summed E-state index contributed by atoms with van der Waals surface area (Å²) >= 11 is 6.20. The summed E-state index contributed by atoms with van der Waals surface area (Å²) in [4.78, 5) is 28.3. The summed E-state index contributed by atoms with van der Waals surface area (Å²) in [6.07, 6.45) is 8.88. The zero-order chi connectivity index (χ0) is 30.2. The van der Waals surface area contributed by atoms with Crippen molar-refractivity contribution in [1.82, 2.24) is 10.2 Å². The smallest absolute Gasteiger partial charge is 0.244 e. The first kappa shape index (κ1) is 30.9. The molecule has 4 aliphatic rings. The third kappa shape index (κ3) is 6.80. The third-order valence-corrected chi connectivity index (χ3v) is 11.0. The molecular formula is C33H44ClN3O4S. The highest BCUT2D eigenvalue weighted by atomic mass is 35.5. The third-order valence-electron chi connectivity index (χ3n) is 9.58. The van der Waals surface area contributed by atoms with E-state index in [9.17, 15) is 18.0 Å². The summed E-state index contributed by atoms with van der Waals surface area (Å²) in [7, 11) is -3.79. The van der Waals surface area contributed by atoms with Crippen LogP contribution in [0.3, 0.4) is 0 Å². The van der Waals surface area contributed by atoms with Crippen LogP contribution in [0, 0.1) is 23.7 Å². The molecule has 2 amide bonds. The Morgan fingerprint density at radius 3 is 2.10 bits per heavy atom. The number of halogens is 1. The predicted molar refractivity (Wildman–Crippen MR) is 168 cm³/mol. The average molecular weight is 614 g/mol. The molecule has 0 saturated heterocycles. The molecule has 0 heterocycles. The van der Waals surface area contributed by atoms with Crippen molar-refractivity contribution in [2.24, 2.45) is 23.7 Å². The molecule has 2 aromatic carbocycles. The molecule has 0 aromatic heterocycles. The van der Waals surface area contributed by atoms with Crippen LogP contribution in [-0.4, -0.2) is 50.5 Å². The number of hydrogen-bond acceptors (Lipinski definition) is 4. The number of nitrogens with one attached hydrogen (secondary N) is 1. The van der Waals surface area contributed by atoms with Crippen molar-refractivity contribution in [3.63, 3.8) is 0 Å². The average Bonchev–Trinajstić information content (AvgIpc) is 2.91. The number of nitrogens with zero attached hydrogens (tertiary/aromatic N) is 2.